The van der Waals surface area contributed by atoms with Crippen LogP contribution in [0.3, 0.4) is 0 Å². The van der Waals surface area contributed by atoms with Gasteiger partial charge < -0.3 is 9.84 Å². The molecule has 1 aliphatic heterocycles. The monoisotopic (exact) mass is 250 g/mol. The van der Waals surface area contributed by atoms with Crippen molar-refractivity contribution < 1.29 is 14.6 Å². The number of rotatable bonds is 1. The first kappa shape index (κ1) is 10.2. The normalized spacial score (nSPS) is 12.5. The fourth-order valence-corrected chi connectivity index (χ4v) is 2.04. The Kier molecular flexibility index (Phi) is 2.09. The van der Waals surface area contributed by atoms with Crippen molar-refractivity contribution in [2.75, 3.05) is 0 Å². The molecule has 6 heteroatoms. The lowest BCUT2D eigenvalue weighted by atomic mass is 10.0. The Hall–Kier alpha value is -2.01. The zero-order valence-electron chi connectivity index (χ0n) is 8.53. The van der Waals surface area contributed by atoms with Crippen LogP contribution in [0.15, 0.2) is 18.2 Å². The summed E-state index contributed by atoms with van der Waals surface area (Å²) in [6.07, 6.45) is 0. The molecule has 0 fully saturated rings. The van der Waals surface area contributed by atoms with Crippen LogP contribution in [0, 0.1) is 0 Å². The Morgan fingerprint density at radius 2 is 2.35 bits per heavy atom. The third-order valence-electron chi connectivity index (χ3n) is 2.65. The van der Waals surface area contributed by atoms with Gasteiger partial charge in [-0.2, -0.15) is 5.10 Å². The minimum atomic E-state index is -1.05. The molecule has 5 nitrogen and oxygen atoms in total. The predicted molar refractivity (Wildman–Crippen MR) is 60.3 cm³/mol. The predicted octanol–water partition coefficient (Wildman–Crippen LogP) is 2.32. The Labute approximate surface area is 101 Å². The van der Waals surface area contributed by atoms with Gasteiger partial charge in [0.05, 0.1) is 5.56 Å². The molecule has 2 heterocycles. The van der Waals surface area contributed by atoms with Crippen molar-refractivity contribution in [1.29, 1.82) is 0 Å². The van der Waals surface area contributed by atoms with Crippen LogP contribution in [0.4, 0.5) is 0 Å². The van der Waals surface area contributed by atoms with Gasteiger partial charge in [-0.1, -0.05) is 11.6 Å². The third-order valence-corrected chi connectivity index (χ3v) is 2.88. The molecule has 0 saturated heterocycles. The summed E-state index contributed by atoms with van der Waals surface area (Å²) in [7, 11) is 0. The number of benzene rings is 1. The number of hydrogen-bond donors (Lipinski definition) is 2. The Bertz CT molecular complexity index is 621. The van der Waals surface area contributed by atoms with Gasteiger partial charge in [-0.3, -0.25) is 5.10 Å². The first-order valence-electron chi connectivity index (χ1n) is 4.90. The van der Waals surface area contributed by atoms with E-state index in [2.05, 4.69) is 10.2 Å². The molecule has 1 aromatic heterocycles. The van der Waals surface area contributed by atoms with Gasteiger partial charge in [0, 0.05) is 10.6 Å². The van der Waals surface area contributed by atoms with Gasteiger partial charge >= 0.3 is 5.97 Å². The number of carboxylic acids is 1. The molecule has 17 heavy (non-hydrogen) atoms. The number of halogens is 1. The first-order chi connectivity index (χ1) is 8.16. The van der Waals surface area contributed by atoms with E-state index in [4.69, 9.17) is 21.4 Å². The topological polar surface area (TPSA) is 75.2 Å². The number of nitrogens with one attached hydrogen (secondary N) is 1. The van der Waals surface area contributed by atoms with E-state index in [-0.39, 0.29) is 12.3 Å². The van der Waals surface area contributed by atoms with E-state index in [1.165, 1.54) is 0 Å². The summed E-state index contributed by atoms with van der Waals surface area (Å²) < 4.78 is 5.47. The Morgan fingerprint density at radius 3 is 3.12 bits per heavy atom. The average molecular weight is 251 g/mol. The zero-order chi connectivity index (χ0) is 12.0. The summed E-state index contributed by atoms with van der Waals surface area (Å²) in [6, 6.07) is 5.17. The van der Waals surface area contributed by atoms with Gasteiger partial charge in [0.2, 0.25) is 0 Å². The first-order valence-corrected chi connectivity index (χ1v) is 5.28. The highest BCUT2D eigenvalue weighted by Crippen LogP contribution is 2.38. The molecule has 3 rings (SSSR count). The summed E-state index contributed by atoms with van der Waals surface area (Å²) in [5.74, 6) is -0.391. The maximum atomic E-state index is 11.0. The van der Waals surface area contributed by atoms with Crippen molar-refractivity contribution in [2.24, 2.45) is 0 Å². The molecule has 0 atom stereocenters. The van der Waals surface area contributed by atoms with E-state index in [1.54, 1.807) is 18.2 Å². The second kappa shape index (κ2) is 3.49. The Morgan fingerprint density at radius 1 is 1.53 bits per heavy atom. The quantitative estimate of drug-likeness (QED) is 0.814. The van der Waals surface area contributed by atoms with Crippen LogP contribution in [-0.4, -0.2) is 21.3 Å². The van der Waals surface area contributed by atoms with Gasteiger partial charge in [0.15, 0.2) is 5.69 Å². The summed E-state index contributed by atoms with van der Waals surface area (Å²) in [4.78, 5) is 11.0. The number of aromatic nitrogens is 2. The number of H-pyrrole nitrogens is 1. The van der Waals surface area contributed by atoms with Crippen molar-refractivity contribution in [3.63, 3.8) is 0 Å². The van der Waals surface area contributed by atoms with Crippen LogP contribution in [0.1, 0.15) is 16.1 Å². The van der Waals surface area contributed by atoms with Crippen LogP contribution >= 0.6 is 11.6 Å². The number of aromatic carboxylic acids is 1. The summed E-state index contributed by atoms with van der Waals surface area (Å²) in [5.41, 5.74) is 1.91. The molecule has 2 aromatic rings. The summed E-state index contributed by atoms with van der Waals surface area (Å²) >= 11 is 5.90. The highest BCUT2D eigenvalue weighted by molar-refractivity contribution is 6.31. The van der Waals surface area contributed by atoms with Gasteiger partial charge in [-0.15, -0.1) is 0 Å². The number of aromatic amines is 1. The average Bonchev–Trinajstić information content (AvgIpc) is 2.72. The van der Waals surface area contributed by atoms with Crippen LogP contribution in [0.25, 0.3) is 11.3 Å². The van der Waals surface area contributed by atoms with Crippen molar-refractivity contribution >= 4 is 17.6 Å². The SMILES string of the molecule is O=C(O)c1[nH]nc2c1COc1ccc(Cl)cc1-2. The zero-order valence-corrected chi connectivity index (χ0v) is 9.28. The molecule has 0 saturated carbocycles. The van der Waals surface area contributed by atoms with Crippen molar-refractivity contribution in [3.05, 3.63) is 34.5 Å². The molecular formula is C11H7ClN2O3. The molecule has 86 valence electrons. The van der Waals surface area contributed by atoms with Crippen molar-refractivity contribution in [3.8, 4) is 17.0 Å². The third kappa shape index (κ3) is 1.47. The van der Waals surface area contributed by atoms with E-state index < -0.39 is 5.97 Å². The van der Waals surface area contributed by atoms with E-state index in [0.29, 0.717) is 27.6 Å². The van der Waals surface area contributed by atoms with Gasteiger partial charge in [0.25, 0.3) is 0 Å². The molecular weight excluding hydrogens is 244 g/mol. The molecule has 0 unspecified atom stereocenters. The minimum absolute atomic E-state index is 0.0608. The van der Waals surface area contributed by atoms with E-state index >= 15 is 0 Å². The second-order valence-corrected chi connectivity index (χ2v) is 4.10. The number of carboxylic acid groups (broad SMARTS) is 1. The highest BCUT2D eigenvalue weighted by atomic mass is 35.5. The lowest BCUT2D eigenvalue weighted by Crippen LogP contribution is -2.08. The lowest BCUT2D eigenvalue weighted by molar-refractivity contribution is 0.0687. The number of carbonyl (C=O) groups is 1. The van der Waals surface area contributed by atoms with Gasteiger partial charge in [-0.25, -0.2) is 4.79 Å². The maximum absolute atomic E-state index is 11.0. The molecule has 2 N–H and O–H groups in total. The molecule has 1 aliphatic rings. The number of nitrogens with zero attached hydrogens (tertiary/aromatic N) is 1. The van der Waals surface area contributed by atoms with E-state index in [1.807, 2.05) is 0 Å². The largest absolute Gasteiger partial charge is 0.488 e. The summed E-state index contributed by atoms with van der Waals surface area (Å²) in [5, 5.41) is 16.1. The highest BCUT2D eigenvalue weighted by Gasteiger charge is 2.26. The van der Waals surface area contributed by atoms with Crippen molar-refractivity contribution in [1.82, 2.24) is 10.2 Å². The number of ether oxygens (including phenoxy) is 1. The molecule has 0 bridgehead atoms. The maximum Gasteiger partial charge on any atom is 0.354 e. The van der Waals surface area contributed by atoms with Crippen LogP contribution in [0.2, 0.25) is 5.02 Å². The fraction of sp³-hybridized carbons (Fsp3) is 0.0909. The number of fused-ring (bicyclic) bond motifs is 3. The van der Waals surface area contributed by atoms with E-state index in [9.17, 15) is 4.79 Å². The molecule has 0 radical (unpaired) electrons. The van der Waals surface area contributed by atoms with Crippen LogP contribution in [-0.2, 0) is 6.61 Å². The standard InChI is InChI=1S/C11H7ClN2O3/c12-5-1-2-8-6(3-5)9-7(4-17-8)10(11(15)16)14-13-9/h1-3H,4H2,(H,13,14)(H,15,16). The summed E-state index contributed by atoms with van der Waals surface area (Å²) in [6.45, 7) is 0.197. The number of hydrogen-bond acceptors (Lipinski definition) is 3. The van der Waals surface area contributed by atoms with Crippen LogP contribution in [0.5, 0.6) is 5.75 Å². The van der Waals surface area contributed by atoms with Crippen molar-refractivity contribution in [2.45, 2.75) is 6.61 Å². The second-order valence-electron chi connectivity index (χ2n) is 3.66. The minimum Gasteiger partial charge on any atom is -0.488 e. The Balaban J connectivity index is 2.23. The van der Waals surface area contributed by atoms with E-state index in [0.717, 1.165) is 0 Å². The molecule has 0 aliphatic carbocycles. The lowest BCUT2D eigenvalue weighted by Gasteiger charge is -2.16. The smallest absolute Gasteiger partial charge is 0.354 e. The molecule has 0 spiro atoms. The van der Waals surface area contributed by atoms with Crippen LogP contribution < -0.4 is 4.74 Å². The molecule has 0 amide bonds. The fourth-order valence-electron chi connectivity index (χ4n) is 1.87. The molecule has 1 aromatic carbocycles. The van der Waals surface area contributed by atoms with Gasteiger partial charge in [0.1, 0.15) is 18.1 Å². The van der Waals surface area contributed by atoms with Gasteiger partial charge in [-0.05, 0) is 18.2 Å².